The van der Waals surface area contributed by atoms with Crippen LogP contribution in [-0.4, -0.2) is 27.6 Å². The molecule has 0 unspecified atom stereocenters. The Labute approximate surface area is 160 Å². The predicted octanol–water partition coefficient (Wildman–Crippen LogP) is 5.07. The minimum atomic E-state index is 0.812. The van der Waals surface area contributed by atoms with Crippen LogP contribution in [0.15, 0.2) is 29.0 Å². The molecule has 4 nitrogen and oxygen atoms in total. The number of aryl methyl sites for hydroxylation is 2. The number of rotatable bonds is 4. The second-order valence-corrected chi connectivity index (χ2v) is 8.94. The molecule has 5 heterocycles. The number of thiophene rings is 2. The van der Waals surface area contributed by atoms with Crippen LogP contribution in [0, 0.1) is 12.8 Å². The molecule has 0 aromatic carbocycles. The van der Waals surface area contributed by atoms with Gasteiger partial charge in [-0.15, -0.1) is 22.7 Å². The standard InChI is InChI=1S/C20H22N4S2/c1-13-17-18(19-15(22-13)7-12-26-19)24(10-6-14-4-8-21-9-5-14)20(23-17)16-3-2-11-25-16/h2-3,7,11-12,14,21H,4-6,8-10H2,1H3. The maximum absolute atomic E-state index is 5.05. The lowest BCUT2D eigenvalue weighted by Crippen LogP contribution is -2.28. The van der Waals surface area contributed by atoms with Crippen molar-refractivity contribution in [3.63, 3.8) is 0 Å². The van der Waals surface area contributed by atoms with Crippen molar-refractivity contribution in [3.8, 4) is 10.7 Å². The highest BCUT2D eigenvalue weighted by atomic mass is 32.1. The SMILES string of the molecule is Cc1nc2ccsc2c2c1nc(-c1cccs1)n2CCC1CCNCC1. The summed E-state index contributed by atoms with van der Waals surface area (Å²) >= 11 is 3.55. The average Bonchev–Trinajstić information content (AvgIpc) is 3.39. The largest absolute Gasteiger partial charge is 0.322 e. The van der Waals surface area contributed by atoms with E-state index in [1.807, 2.05) is 0 Å². The van der Waals surface area contributed by atoms with Crippen LogP contribution in [0.4, 0.5) is 0 Å². The first-order valence-corrected chi connectivity index (χ1v) is 11.1. The maximum Gasteiger partial charge on any atom is 0.151 e. The summed E-state index contributed by atoms with van der Waals surface area (Å²) in [6, 6.07) is 6.42. The number of fused-ring (bicyclic) bond motifs is 3. The number of hydrogen-bond acceptors (Lipinski definition) is 5. The van der Waals surface area contributed by atoms with Crippen molar-refractivity contribution in [2.24, 2.45) is 5.92 Å². The molecular formula is C20H22N4S2. The molecular weight excluding hydrogens is 360 g/mol. The summed E-state index contributed by atoms with van der Waals surface area (Å²) in [5.74, 6) is 1.92. The lowest BCUT2D eigenvalue weighted by atomic mass is 9.95. The topological polar surface area (TPSA) is 42.7 Å². The first-order valence-electron chi connectivity index (χ1n) is 9.30. The number of imidazole rings is 1. The van der Waals surface area contributed by atoms with Gasteiger partial charge in [0.25, 0.3) is 0 Å². The Hall–Kier alpha value is -1.76. The van der Waals surface area contributed by atoms with Crippen LogP contribution in [0.1, 0.15) is 25.0 Å². The zero-order chi connectivity index (χ0) is 17.5. The van der Waals surface area contributed by atoms with Crippen LogP contribution in [0.25, 0.3) is 32.0 Å². The number of hydrogen-bond donors (Lipinski definition) is 1. The molecule has 1 fully saturated rings. The highest BCUT2D eigenvalue weighted by Gasteiger charge is 2.21. The van der Waals surface area contributed by atoms with Crippen molar-refractivity contribution in [2.75, 3.05) is 13.1 Å². The number of piperidine rings is 1. The molecule has 0 bridgehead atoms. The third kappa shape index (κ3) is 2.76. The van der Waals surface area contributed by atoms with Crippen molar-refractivity contribution in [1.82, 2.24) is 19.9 Å². The molecule has 5 rings (SSSR count). The predicted molar refractivity (Wildman–Crippen MR) is 111 cm³/mol. The minimum absolute atomic E-state index is 0.812. The summed E-state index contributed by atoms with van der Waals surface area (Å²) < 4.78 is 3.74. The lowest BCUT2D eigenvalue weighted by molar-refractivity contribution is 0.340. The molecule has 0 aliphatic carbocycles. The van der Waals surface area contributed by atoms with E-state index in [4.69, 9.17) is 9.97 Å². The Morgan fingerprint density at radius 1 is 1.15 bits per heavy atom. The highest BCUT2D eigenvalue weighted by Crippen LogP contribution is 2.35. The number of aromatic nitrogens is 3. The summed E-state index contributed by atoms with van der Waals surface area (Å²) in [7, 11) is 0. The van der Waals surface area contributed by atoms with E-state index in [0.29, 0.717) is 0 Å². The van der Waals surface area contributed by atoms with Crippen molar-refractivity contribution < 1.29 is 0 Å². The zero-order valence-corrected chi connectivity index (χ0v) is 16.5. The summed E-state index contributed by atoms with van der Waals surface area (Å²) in [4.78, 5) is 11.1. The van der Waals surface area contributed by atoms with Crippen LogP contribution < -0.4 is 5.32 Å². The fourth-order valence-corrected chi connectivity index (χ4v) is 5.64. The summed E-state index contributed by atoms with van der Waals surface area (Å²) in [5.41, 5.74) is 4.47. The van der Waals surface area contributed by atoms with Gasteiger partial charge in [-0.1, -0.05) is 6.07 Å². The molecule has 1 saturated heterocycles. The molecule has 1 aliphatic heterocycles. The van der Waals surface area contributed by atoms with Crippen molar-refractivity contribution in [1.29, 1.82) is 0 Å². The summed E-state index contributed by atoms with van der Waals surface area (Å²) in [5, 5.41) is 7.76. The molecule has 26 heavy (non-hydrogen) atoms. The molecule has 0 radical (unpaired) electrons. The Morgan fingerprint density at radius 2 is 2.04 bits per heavy atom. The van der Waals surface area contributed by atoms with Gasteiger partial charge in [0.15, 0.2) is 5.82 Å². The normalized spacial score (nSPS) is 16.0. The van der Waals surface area contributed by atoms with E-state index in [9.17, 15) is 0 Å². The first kappa shape index (κ1) is 16.4. The van der Waals surface area contributed by atoms with Crippen LogP contribution in [-0.2, 0) is 6.54 Å². The van der Waals surface area contributed by atoms with E-state index in [0.717, 1.165) is 48.1 Å². The van der Waals surface area contributed by atoms with E-state index in [2.05, 4.69) is 45.8 Å². The molecule has 6 heteroatoms. The van der Waals surface area contributed by atoms with Crippen molar-refractivity contribution in [2.45, 2.75) is 32.7 Å². The van der Waals surface area contributed by atoms with Gasteiger partial charge in [0.2, 0.25) is 0 Å². The maximum atomic E-state index is 5.05. The minimum Gasteiger partial charge on any atom is -0.322 e. The van der Waals surface area contributed by atoms with Crippen molar-refractivity contribution in [3.05, 3.63) is 34.7 Å². The Morgan fingerprint density at radius 3 is 2.85 bits per heavy atom. The number of nitrogens with one attached hydrogen (secondary N) is 1. The molecule has 1 N–H and O–H groups in total. The van der Waals surface area contributed by atoms with Gasteiger partial charge < -0.3 is 9.88 Å². The summed E-state index contributed by atoms with van der Waals surface area (Å²) in [6.07, 6.45) is 3.80. The molecule has 134 valence electrons. The molecule has 4 aromatic heterocycles. The third-order valence-corrected chi connectivity index (χ3v) is 7.20. The highest BCUT2D eigenvalue weighted by molar-refractivity contribution is 7.18. The quantitative estimate of drug-likeness (QED) is 0.536. The fourth-order valence-electron chi connectivity index (χ4n) is 4.03. The molecule has 1 aliphatic rings. The van der Waals surface area contributed by atoms with Gasteiger partial charge in [-0.05, 0) is 68.1 Å². The monoisotopic (exact) mass is 382 g/mol. The Bertz CT molecular complexity index is 1040. The second kappa shape index (κ2) is 6.76. The number of pyridine rings is 1. The summed E-state index contributed by atoms with van der Waals surface area (Å²) in [6.45, 7) is 5.43. The van der Waals surface area contributed by atoms with E-state index >= 15 is 0 Å². The van der Waals surface area contributed by atoms with Gasteiger partial charge in [0.1, 0.15) is 5.52 Å². The molecule has 0 spiro atoms. The molecule has 0 saturated carbocycles. The average molecular weight is 383 g/mol. The van der Waals surface area contributed by atoms with Gasteiger partial charge in [-0.2, -0.15) is 0 Å². The smallest absolute Gasteiger partial charge is 0.151 e. The Balaban J connectivity index is 1.65. The van der Waals surface area contributed by atoms with E-state index < -0.39 is 0 Å². The van der Waals surface area contributed by atoms with Crippen LogP contribution in [0.2, 0.25) is 0 Å². The second-order valence-electron chi connectivity index (χ2n) is 7.08. The molecule has 4 aromatic rings. The Kier molecular flexibility index (Phi) is 4.27. The molecule has 0 amide bonds. The number of nitrogens with zero attached hydrogens (tertiary/aromatic N) is 3. The van der Waals surface area contributed by atoms with E-state index in [1.54, 1.807) is 22.7 Å². The van der Waals surface area contributed by atoms with Gasteiger partial charge in [-0.3, -0.25) is 0 Å². The van der Waals surface area contributed by atoms with Crippen LogP contribution in [0.3, 0.4) is 0 Å². The van der Waals surface area contributed by atoms with Crippen molar-refractivity contribution >= 4 is 43.9 Å². The van der Waals surface area contributed by atoms with Gasteiger partial charge in [0, 0.05) is 6.54 Å². The fraction of sp³-hybridized carbons (Fsp3) is 0.400. The third-order valence-electron chi connectivity index (χ3n) is 5.42. The van der Waals surface area contributed by atoms with E-state index in [-0.39, 0.29) is 0 Å². The van der Waals surface area contributed by atoms with Gasteiger partial charge >= 0.3 is 0 Å². The zero-order valence-electron chi connectivity index (χ0n) is 14.9. The molecule has 0 atom stereocenters. The first-order chi connectivity index (χ1) is 12.8. The van der Waals surface area contributed by atoms with E-state index in [1.165, 1.54) is 34.4 Å². The van der Waals surface area contributed by atoms with Crippen LogP contribution in [0.5, 0.6) is 0 Å². The van der Waals surface area contributed by atoms with Crippen LogP contribution >= 0.6 is 22.7 Å². The van der Waals surface area contributed by atoms with Gasteiger partial charge in [-0.25, -0.2) is 9.97 Å². The lowest BCUT2D eigenvalue weighted by Gasteiger charge is -2.23. The van der Waals surface area contributed by atoms with Gasteiger partial charge in [0.05, 0.1) is 26.3 Å².